The Labute approximate surface area is 74.6 Å². The minimum Gasteiger partial charge on any atom is -0.506 e. The molecule has 0 radical (unpaired) electrons. The quantitative estimate of drug-likeness (QED) is 0.660. The number of benzene rings is 1. The first-order chi connectivity index (χ1) is 5.81. The smallest absolute Gasteiger partial charge is 0.139 e. The van der Waals surface area contributed by atoms with Crippen molar-refractivity contribution in [2.45, 2.75) is 5.03 Å². The lowest BCUT2D eigenvalue weighted by Gasteiger charge is -1.91. The van der Waals surface area contributed by atoms with Gasteiger partial charge in [-0.3, -0.25) is 0 Å². The zero-order valence-corrected chi connectivity index (χ0v) is 7.48. The van der Waals surface area contributed by atoms with Crippen LogP contribution in [0.1, 0.15) is 0 Å². The molecular formula is C9H9NOS. The summed E-state index contributed by atoms with van der Waals surface area (Å²) >= 11 is 1.64. The summed E-state index contributed by atoms with van der Waals surface area (Å²) in [7, 11) is 0. The molecule has 1 aromatic carbocycles. The van der Waals surface area contributed by atoms with Crippen molar-refractivity contribution in [2.75, 3.05) is 6.26 Å². The number of thioether (sulfide) groups is 1. The fourth-order valence-electron chi connectivity index (χ4n) is 1.22. The van der Waals surface area contributed by atoms with E-state index in [0.717, 1.165) is 15.9 Å². The van der Waals surface area contributed by atoms with Crippen molar-refractivity contribution in [3.63, 3.8) is 0 Å². The number of aromatic nitrogens is 1. The Hall–Kier alpha value is -1.09. The number of rotatable bonds is 1. The maximum atomic E-state index is 9.44. The highest BCUT2D eigenvalue weighted by Gasteiger charge is 2.02. The zero-order chi connectivity index (χ0) is 8.55. The summed E-state index contributed by atoms with van der Waals surface area (Å²) in [5, 5.41) is 11.6. The molecule has 12 heavy (non-hydrogen) atoms. The van der Waals surface area contributed by atoms with Crippen LogP contribution >= 0.6 is 11.8 Å². The van der Waals surface area contributed by atoms with Crippen molar-refractivity contribution in [3.05, 3.63) is 24.3 Å². The van der Waals surface area contributed by atoms with Gasteiger partial charge in [-0.05, 0) is 18.4 Å². The monoisotopic (exact) mass is 179 g/mol. The van der Waals surface area contributed by atoms with E-state index in [1.807, 2.05) is 24.5 Å². The molecule has 0 saturated heterocycles. The number of hydrogen-bond acceptors (Lipinski definition) is 2. The van der Waals surface area contributed by atoms with Crippen molar-refractivity contribution in [3.8, 4) is 5.75 Å². The molecule has 2 aromatic rings. The summed E-state index contributed by atoms with van der Waals surface area (Å²) in [6.07, 6.45) is 2.00. The highest BCUT2D eigenvalue weighted by atomic mass is 32.2. The SMILES string of the molecule is CSc1cc2cccc(O)c2[nH]1. The third-order valence-corrected chi connectivity index (χ3v) is 2.49. The van der Waals surface area contributed by atoms with Crippen molar-refractivity contribution >= 4 is 22.7 Å². The maximum absolute atomic E-state index is 9.44. The van der Waals surface area contributed by atoms with E-state index in [2.05, 4.69) is 4.98 Å². The molecule has 0 aliphatic heterocycles. The van der Waals surface area contributed by atoms with E-state index in [4.69, 9.17) is 0 Å². The largest absolute Gasteiger partial charge is 0.506 e. The first kappa shape index (κ1) is 7.55. The lowest BCUT2D eigenvalue weighted by Crippen LogP contribution is -1.69. The molecule has 0 fully saturated rings. The first-order valence-electron chi connectivity index (χ1n) is 3.66. The van der Waals surface area contributed by atoms with E-state index in [9.17, 15) is 5.11 Å². The normalized spacial score (nSPS) is 10.8. The van der Waals surface area contributed by atoms with Crippen LogP contribution in [0.4, 0.5) is 0 Å². The van der Waals surface area contributed by atoms with Gasteiger partial charge in [0, 0.05) is 5.39 Å². The number of para-hydroxylation sites is 1. The van der Waals surface area contributed by atoms with Gasteiger partial charge in [-0.15, -0.1) is 11.8 Å². The second-order valence-corrected chi connectivity index (χ2v) is 3.43. The van der Waals surface area contributed by atoms with Crippen LogP contribution in [0.2, 0.25) is 0 Å². The van der Waals surface area contributed by atoms with Crippen molar-refractivity contribution in [1.82, 2.24) is 4.98 Å². The molecule has 3 heteroatoms. The van der Waals surface area contributed by atoms with Crippen molar-refractivity contribution in [1.29, 1.82) is 0 Å². The van der Waals surface area contributed by atoms with Gasteiger partial charge in [0.2, 0.25) is 0 Å². The van der Waals surface area contributed by atoms with E-state index in [1.54, 1.807) is 17.8 Å². The zero-order valence-electron chi connectivity index (χ0n) is 6.66. The number of hydrogen-bond donors (Lipinski definition) is 2. The molecule has 0 aliphatic carbocycles. The maximum Gasteiger partial charge on any atom is 0.139 e. The summed E-state index contributed by atoms with van der Waals surface area (Å²) in [4.78, 5) is 3.13. The number of phenols is 1. The number of H-pyrrole nitrogens is 1. The fourth-order valence-corrected chi connectivity index (χ4v) is 1.67. The van der Waals surface area contributed by atoms with Crippen LogP contribution in [0.15, 0.2) is 29.3 Å². The molecule has 0 atom stereocenters. The highest BCUT2D eigenvalue weighted by molar-refractivity contribution is 7.98. The van der Waals surface area contributed by atoms with Gasteiger partial charge in [0.25, 0.3) is 0 Å². The van der Waals surface area contributed by atoms with Gasteiger partial charge in [-0.25, -0.2) is 0 Å². The number of fused-ring (bicyclic) bond motifs is 1. The van der Waals surface area contributed by atoms with Gasteiger partial charge in [0.15, 0.2) is 0 Å². The summed E-state index contributed by atoms with van der Waals surface area (Å²) in [5.74, 6) is 0.313. The van der Waals surface area contributed by atoms with Crippen molar-refractivity contribution in [2.24, 2.45) is 0 Å². The summed E-state index contributed by atoms with van der Waals surface area (Å²) in [6.45, 7) is 0. The summed E-state index contributed by atoms with van der Waals surface area (Å²) in [5.41, 5.74) is 0.821. The number of nitrogens with one attached hydrogen (secondary N) is 1. The molecule has 62 valence electrons. The molecule has 0 unspecified atom stereocenters. The Morgan fingerprint density at radius 1 is 1.42 bits per heavy atom. The number of aromatic hydroxyl groups is 1. The Balaban J connectivity index is 2.74. The molecule has 0 bridgehead atoms. The average molecular weight is 179 g/mol. The molecule has 2 nitrogen and oxygen atoms in total. The third kappa shape index (κ3) is 1.06. The fraction of sp³-hybridized carbons (Fsp3) is 0.111. The molecule has 0 aliphatic rings. The molecule has 1 heterocycles. The lowest BCUT2D eigenvalue weighted by molar-refractivity contribution is 0.480. The minimum absolute atomic E-state index is 0.313. The Kier molecular flexibility index (Phi) is 1.73. The van der Waals surface area contributed by atoms with E-state index in [0.29, 0.717) is 5.75 Å². The lowest BCUT2D eigenvalue weighted by atomic mass is 10.2. The summed E-state index contributed by atoms with van der Waals surface area (Å²) < 4.78 is 0. The topological polar surface area (TPSA) is 36.0 Å². The molecular weight excluding hydrogens is 170 g/mol. The van der Waals surface area contributed by atoms with Crippen LogP contribution in [-0.2, 0) is 0 Å². The number of phenolic OH excluding ortho intramolecular Hbond substituents is 1. The van der Waals surface area contributed by atoms with Crippen LogP contribution in [0, 0.1) is 0 Å². The van der Waals surface area contributed by atoms with Crippen molar-refractivity contribution < 1.29 is 5.11 Å². The van der Waals surface area contributed by atoms with Gasteiger partial charge in [-0.1, -0.05) is 12.1 Å². The van der Waals surface area contributed by atoms with Gasteiger partial charge >= 0.3 is 0 Å². The van der Waals surface area contributed by atoms with Crippen LogP contribution in [0.5, 0.6) is 5.75 Å². The van der Waals surface area contributed by atoms with Crippen LogP contribution in [0.3, 0.4) is 0 Å². The van der Waals surface area contributed by atoms with Gasteiger partial charge in [-0.2, -0.15) is 0 Å². The van der Waals surface area contributed by atoms with E-state index in [1.165, 1.54) is 0 Å². The second kappa shape index (κ2) is 2.75. The predicted molar refractivity (Wildman–Crippen MR) is 51.7 cm³/mol. The molecule has 2 N–H and O–H groups in total. The third-order valence-electron chi connectivity index (χ3n) is 1.83. The minimum atomic E-state index is 0.313. The average Bonchev–Trinajstić information content (AvgIpc) is 2.49. The molecule has 0 amide bonds. The number of aromatic amines is 1. The van der Waals surface area contributed by atoms with Gasteiger partial charge < -0.3 is 10.1 Å². The standard InChI is InChI=1S/C9H9NOS/c1-12-8-5-6-3-2-4-7(11)9(6)10-8/h2-5,10-11H,1H3. The van der Waals surface area contributed by atoms with E-state index >= 15 is 0 Å². The molecule has 1 aromatic heterocycles. The predicted octanol–water partition coefficient (Wildman–Crippen LogP) is 2.60. The van der Waals surface area contributed by atoms with E-state index in [-0.39, 0.29) is 0 Å². The highest BCUT2D eigenvalue weighted by Crippen LogP contribution is 2.27. The Bertz CT molecular complexity index is 408. The Morgan fingerprint density at radius 2 is 2.25 bits per heavy atom. The molecule has 2 rings (SSSR count). The molecule has 0 spiro atoms. The first-order valence-corrected chi connectivity index (χ1v) is 4.88. The van der Waals surface area contributed by atoms with Gasteiger partial charge in [0.1, 0.15) is 5.75 Å². The Morgan fingerprint density at radius 3 is 2.92 bits per heavy atom. The summed E-state index contributed by atoms with van der Waals surface area (Å²) in [6, 6.07) is 7.53. The van der Waals surface area contributed by atoms with Crippen LogP contribution < -0.4 is 0 Å². The van der Waals surface area contributed by atoms with Gasteiger partial charge in [0.05, 0.1) is 10.5 Å². The second-order valence-electron chi connectivity index (χ2n) is 2.58. The van der Waals surface area contributed by atoms with Crippen LogP contribution in [-0.4, -0.2) is 16.3 Å². The van der Waals surface area contributed by atoms with E-state index < -0.39 is 0 Å². The molecule has 0 saturated carbocycles. The van der Waals surface area contributed by atoms with Crippen LogP contribution in [0.25, 0.3) is 10.9 Å².